The topological polar surface area (TPSA) is 0 Å². The predicted octanol–water partition coefficient (Wildman–Crippen LogP) is 6.97. The van der Waals surface area contributed by atoms with Gasteiger partial charge in [-0.2, -0.15) is 0 Å². The fraction of sp³-hybridized carbons (Fsp3) is 0.200. The van der Waals surface area contributed by atoms with E-state index < -0.39 is 0 Å². The molecule has 1 unspecified atom stereocenters. The fourth-order valence-electron chi connectivity index (χ4n) is 1.93. The molecule has 0 bridgehead atoms. The molecule has 0 nitrogen and oxygen atoms in total. The van der Waals surface area contributed by atoms with Crippen LogP contribution >= 0.6 is 59.4 Å². The Kier molecular flexibility index (Phi) is 5.15. The molecular weight excluding hydrogens is 455 g/mol. The van der Waals surface area contributed by atoms with E-state index in [1.54, 1.807) is 0 Å². The molecule has 0 N–H and O–H groups in total. The van der Waals surface area contributed by atoms with Gasteiger partial charge in [-0.05, 0) is 70.2 Å². The Morgan fingerprint density at radius 2 is 1.63 bits per heavy atom. The molecule has 0 amide bonds. The maximum atomic E-state index is 6.04. The summed E-state index contributed by atoms with van der Waals surface area (Å²) in [6.45, 7) is 4.23. The van der Waals surface area contributed by atoms with E-state index in [1.165, 1.54) is 22.3 Å². The van der Waals surface area contributed by atoms with E-state index in [9.17, 15) is 0 Å². The van der Waals surface area contributed by atoms with Crippen molar-refractivity contribution in [3.63, 3.8) is 0 Å². The van der Waals surface area contributed by atoms with E-state index >= 15 is 0 Å². The van der Waals surface area contributed by atoms with Gasteiger partial charge in [0.15, 0.2) is 0 Å². The minimum Gasteiger partial charge on any atom is -0.0831 e. The third-order valence-electron chi connectivity index (χ3n) is 3.06. The summed E-state index contributed by atoms with van der Waals surface area (Å²) in [6.07, 6.45) is 0. The van der Waals surface area contributed by atoms with Gasteiger partial charge in [0.1, 0.15) is 0 Å². The summed E-state index contributed by atoms with van der Waals surface area (Å²) in [5, 5.41) is 0.729. The third-order valence-corrected chi connectivity index (χ3v) is 6.15. The first-order valence-electron chi connectivity index (χ1n) is 5.76. The predicted molar refractivity (Wildman–Crippen MR) is 93.5 cm³/mol. The largest absolute Gasteiger partial charge is 0.0831 e. The van der Waals surface area contributed by atoms with Crippen molar-refractivity contribution in [2.75, 3.05) is 0 Å². The van der Waals surface area contributed by atoms with E-state index in [0.29, 0.717) is 0 Å². The summed E-state index contributed by atoms with van der Waals surface area (Å²) in [4.78, 5) is 0.160. The number of benzene rings is 2. The molecule has 100 valence electrons. The average Bonchev–Trinajstić information content (AvgIpc) is 2.36. The van der Waals surface area contributed by atoms with Crippen molar-refractivity contribution >= 4 is 59.4 Å². The number of alkyl halides is 1. The molecule has 2 rings (SSSR count). The summed E-state index contributed by atoms with van der Waals surface area (Å²) < 4.78 is 2.06. The van der Waals surface area contributed by atoms with Gasteiger partial charge in [0.05, 0.1) is 9.85 Å². The van der Waals surface area contributed by atoms with E-state index in [0.717, 1.165) is 14.0 Å². The smallest absolute Gasteiger partial charge is 0.0647 e. The van der Waals surface area contributed by atoms with Crippen LogP contribution in [-0.2, 0) is 0 Å². The monoisotopic (exact) mass is 464 g/mol. The molecule has 1 atom stereocenters. The minimum atomic E-state index is 0.160. The Hall–Kier alpha value is 0.170. The fourth-order valence-corrected chi connectivity index (χ4v) is 3.68. The summed E-state index contributed by atoms with van der Waals surface area (Å²) in [5.74, 6) is 0. The average molecular weight is 467 g/mol. The highest BCUT2D eigenvalue weighted by Gasteiger charge is 2.15. The lowest BCUT2D eigenvalue weighted by Crippen LogP contribution is -1.97. The van der Waals surface area contributed by atoms with Gasteiger partial charge >= 0.3 is 0 Å². The van der Waals surface area contributed by atoms with Crippen LogP contribution in [0.2, 0.25) is 5.02 Å². The minimum absolute atomic E-state index is 0.160. The van der Waals surface area contributed by atoms with Gasteiger partial charge < -0.3 is 0 Å². The number of halogens is 4. The lowest BCUT2D eigenvalue weighted by atomic mass is 9.98. The van der Waals surface area contributed by atoms with Crippen LogP contribution in [0, 0.1) is 13.8 Å². The highest BCUT2D eigenvalue weighted by molar-refractivity contribution is 9.11. The van der Waals surface area contributed by atoms with Gasteiger partial charge in [-0.25, -0.2) is 0 Å². The van der Waals surface area contributed by atoms with E-state index in [4.69, 9.17) is 11.6 Å². The van der Waals surface area contributed by atoms with Crippen LogP contribution < -0.4 is 0 Å². The lowest BCUT2D eigenvalue weighted by Gasteiger charge is -2.16. The van der Waals surface area contributed by atoms with E-state index in [2.05, 4.69) is 79.8 Å². The molecule has 19 heavy (non-hydrogen) atoms. The summed E-state index contributed by atoms with van der Waals surface area (Å²) in [5.41, 5.74) is 4.94. The molecule has 0 saturated carbocycles. The Morgan fingerprint density at radius 1 is 0.947 bits per heavy atom. The zero-order valence-corrected chi connectivity index (χ0v) is 16.0. The molecule has 0 aliphatic carbocycles. The van der Waals surface area contributed by atoms with Crippen LogP contribution in [0.15, 0.2) is 39.3 Å². The summed E-state index contributed by atoms with van der Waals surface area (Å²) >= 11 is 16.9. The molecule has 0 saturated heterocycles. The maximum Gasteiger partial charge on any atom is 0.0647 e. The second-order valence-corrected chi connectivity index (χ2v) is 7.53. The van der Waals surface area contributed by atoms with Crippen LogP contribution in [0.5, 0.6) is 0 Å². The van der Waals surface area contributed by atoms with Gasteiger partial charge in [-0.1, -0.05) is 55.6 Å². The van der Waals surface area contributed by atoms with Gasteiger partial charge in [-0.15, -0.1) is 0 Å². The van der Waals surface area contributed by atoms with Crippen LogP contribution in [0.3, 0.4) is 0 Å². The van der Waals surface area contributed by atoms with Crippen LogP contribution in [0.25, 0.3) is 0 Å². The second-order valence-electron chi connectivity index (χ2n) is 4.49. The van der Waals surface area contributed by atoms with E-state index in [-0.39, 0.29) is 4.83 Å². The van der Waals surface area contributed by atoms with Crippen molar-refractivity contribution in [1.29, 1.82) is 0 Å². The maximum absolute atomic E-state index is 6.04. The Bertz CT molecular complexity index is 623. The SMILES string of the molecule is Cc1cc(C(Br)c2ccc(Cl)c(Br)c2)c(C)cc1Br. The highest BCUT2D eigenvalue weighted by Crippen LogP contribution is 2.37. The third kappa shape index (κ3) is 3.44. The van der Waals surface area contributed by atoms with E-state index in [1.807, 2.05) is 12.1 Å². The Morgan fingerprint density at radius 3 is 2.26 bits per heavy atom. The summed E-state index contributed by atoms with van der Waals surface area (Å²) in [7, 11) is 0. The molecule has 0 radical (unpaired) electrons. The number of aryl methyl sites for hydroxylation is 2. The first-order chi connectivity index (χ1) is 8.90. The van der Waals surface area contributed by atoms with Crippen molar-refractivity contribution in [3.05, 3.63) is 66.6 Å². The highest BCUT2D eigenvalue weighted by atomic mass is 79.9. The van der Waals surface area contributed by atoms with Gasteiger partial charge in [0.2, 0.25) is 0 Å². The van der Waals surface area contributed by atoms with Gasteiger partial charge in [0.25, 0.3) is 0 Å². The van der Waals surface area contributed by atoms with Gasteiger partial charge in [-0.3, -0.25) is 0 Å². The van der Waals surface area contributed by atoms with Crippen LogP contribution in [-0.4, -0.2) is 0 Å². The molecule has 0 heterocycles. The number of hydrogen-bond donors (Lipinski definition) is 0. The van der Waals surface area contributed by atoms with Crippen molar-refractivity contribution < 1.29 is 0 Å². The number of hydrogen-bond acceptors (Lipinski definition) is 0. The summed E-state index contributed by atoms with van der Waals surface area (Å²) in [6, 6.07) is 10.4. The first kappa shape index (κ1) is 15.6. The molecule has 0 aromatic heterocycles. The standard InChI is InChI=1S/C15H12Br3Cl/c1-8-6-12(16)9(2)5-11(8)15(18)10-3-4-14(19)13(17)7-10/h3-7,15H,1-2H3. The van der Waals surface area contributed by atoms with Crippen molar-refractivity contribution in [2.45, 2.75) is 18.7 Å². The number of rotatable bonds is 2. The zero-order valence-electron chi connectivity index (χ0n) is 10.5. The van der Waals surface area contributed by atoms with Crippen molar-refractivity contribution in [2.24, 2.45) is 0 Å². The Labute approximate surface area is 143 Å². The van der Waals surface area contributed by atoms with Crippen molar-refractivity contribution in [1.82, 2.24) is 0 Å². The lowest BCUT2D eigenvalue weighted by molar-refractivity contribution is 1.13. The van der Waals surface area contributed by atoms with Crippen LogP contribution in [0.1, 0.15) is 27.1 Å². The molecule has 0 aliphatic rings. The normalized spacial score (nSPS) is 12.5. The zero-order chi connectivity index (χ0) is 14.2. The second kappa shape index (κ2) is 6.30. The molecule has 0 aliphatic heterocycles. The molecule has 2 aromatic rings. The Balaban J connectivity index is 2.46. The quantitative estimate of drug-likeness (QED) is 0.419. The molecule has 0 spiro atoms. The van der Waals surface area contributed by atoms with Crippen molar-refractivity contribution in [3.8, 4) is 0 Å². The molecule has 2 aromatic carbocycles. The van der Waals surface area contributed by atoms with Crippen LogP contribution in [0.4, 0.5) is 0 Å². The molecule has 0 fully saturated rings. The molecular formula is C15H12Br3Cl. The first-order valence-corrected chi connectivity index (χ1v) is 8.63. The molecule has 4 heteroatoms. The van der Waals surface area contributed by atoms with Gasteiger partial charge in [0, 0.05) is 8.95 Å².